The van der Waals surface area contributed by atoms with Crippen LogP contribution in [0.1, 0.15) is 5.56 Å². The summed E-state index contributed by atoms with van der Waals surface area (Å²) in [5.74, 6) is 0.855. The monoisotopic (exact) mass is 469 g/mol. The number of rotatable bonds is 8. The molecule has 0 aliphatic carbocycles. The van der Waals surface area contributed by atoms with Crippen molar-refractivity contribution in [2.24, 2.45) is 5.10 Å². The molecule has 0 radical (unpaired) electrons. The maximum absolute atomic E-state index is 5.26. The molecule has 0 aliphatic rings. The van der Waals surface area contributed by atoms with Gasteiger partial charge in [0.25, 0.3) is 0 Å². The SMILES string of the molecule is COc1ccc(-c2ccc(Nc3ccccc3C=NN(c3ccccc3)c3ccccc3)cc2)cc1. The summed E-state index contributed by atoms with van der Waals surface area (Å²) in [7, 11) is 1.68. The minimum absolute atomic E-state index is 0.855. The molecule has 0 heterocycles. The number of methoxy groups -OCH3 is 1. The molecule has 0 amide bonds. The van der Waals surface area contributed by atoms with Crippen molar-refractivity contribution in [1.29, 1.82) is 0 Å². The van der Waals surface area contributed by atoms with Crippen LogP contribution in [0.4, 0.5) is 22.7 Å². The number of para-hydroxylation sites is 3. The maximum Gasteiger partial charge on any atom is 0.118 e. The molecule has 5 aromatic rings. The van der Waals surface area contributed by atoms with Gasteiger partial charge < -0.3 is 10.1 Å². The summed E-state index contributed by atoms with van der Waals surface area (Å²) in [6, 6.07) is 45.0. The van der Waals surface area contributed by atoms with E-state index in [2.05, 4.69) is 78.1 Å². The Morgan fingerprint density at radius 1 is 0.611 bits per heavy atom. The molecule has 176 valence electrons. The van der Waals surface area contributed by atoms with Gasteiger partial charge in [-0.3, -0.25) is 0 Å². The van der Waals surface area contributed by atoms with Gasteiger partial charge in [0.2, 0.25) is 0 Å². The van der Waals surface area contributed by atoms with Crippen LogP contribution >= 0.6 is 0 Å². The van der Waals surface area contributed by atoms with E-state index in [-0.39, 0.29) is 0 Å². The second-order valence-electron chi connectivity index (χ2n) is 8.25. The normalized spacial score (nSPS) is 10.8. The molecule has 0 unspecified atom stereocenters. The third-order valence-electron chi connectivity index (χ3n) is 5.86. The zero-order valence-corrected chi connectivity index (χ0v) is 20.1. The first-order chi connectivity index (χ1) is 17.8. The smallest absolute Gasteiger partial charge is 0.118 e. The van der Waals surface area contributed by atoms with Gasteiger partial charge in [-0.2, -0.15) is 5.10 Å². The first kappa shape index (κ1) is 22.9. The number of ether oxygens (including phenoxy) is 1. The number of hydrazone groups is 1. The van der Waals surface area contributed by atoms with Crippen LogP contribution in [-0.4, -0.2) is 13.3 Å². The summed E-state index contributed by atoms with van der Waals surface area (Å²) >= 11 is 0. The van der Waals surface area contributed by atoms with E-state index in [0.29, 0.717) is 0 Å². The van der Waals surface area contributed by atoms with Crippen molar-refractivity contribution in [3.63, 3.8) is 0 Å². The Bertz CT molecular complexity index is 1380. The number of hydrogen-bond donors (Lipinski definition) is 1. The number of benzene rings is 5. The number of nitrogens with zero attached hydrogens (tertiary/aromatic N) is 2. The molecule has 0 saturated heterocycles. The lowest BCUT2D eigenvalue weighted by atomic mass is 10.1. The van der Waals surface area contributed by atoms with Crippen molar-refractivity contribution in [3.05, 3.63) is 139 Å². The van der Waals surface area contributed by atoms with Crippen LogP contribution in [0.25, 0.3) is 11.1 Å². The molecule has 0 aliphatic heterocycles. The van der Waals surface area contributed by atoms with Gasteiger partial charge in [0.1, 0.15) is 5.75 Å². The predicted octanol–water partition coefficient (Wildman–Crippen LogP) is 8.28. The van der Waals surface area contributed by atoms with Gasteiger partial charge in [-0.05, 0) is 65.7 Å². The Balaban J connectivity index is 1.38. The highest BCUT2D eigenvalue weighted by Gasteiger charge is 2.08. The zero-order valence-electron chi connectivity index (χ0n) is 20.1. The van der Waals surface area contributed by atoms with Gasteiger partial charge >= 0.3 is 0 Å². The summed E-state index contributed by atoms with van der Waals surface area (Å²) in [5.41, 5.74) is 7.29. The molecule has 0 saturated carbocycles. The number of anilines is 4. The Morgan fingerprint density at radius 2 is 1.14 bits per heavy atom. The van der Waals surface area contributed by atoms with Crippen LogP contribution in [0.15, 0.2) is 139 Å². The topological polar surface area (TPSA) is 36.9 Å². The molecule has 0 aromatic heterocycles. The van der Waals surface area contributed by atoms with E-state index in [0.717, 1.165) is 45.2 Å². The van der Waals surface area contributed by atoms with Crippen LogP contribution in [-0.2, 0) is 0 Å². The number of hydrogen-bond acceptors (Lipinski definition) is 4. The Hall–Kier alpha value is -4.83. The lowest BCUT2D eigenvalue weighted by Gasteiger charge is -2.19. The first-order valence-corrected chi connectivity index (χ1v) is 11.8. The van der Waals surface area contributed by atoms with Crippen LogP contribution in [0.3, 0.4) is 0 Å². The Labute approximate surface area is 212 Å². The fraction of sp³-hybridized carbons (Fsp3) is 0.0312. The van der Waals surface area contributed by atoms with E-state index in [1.54, 1.807) is 7.11 Å². The van der Waals surface area contributed by atoms with Crippen molar-refractivity contribution in [3.8, 4) is 16.9 Å². The van der Waals surface area contributed by atoms with E-state index >= 15 is 0 Å². The molecule has 0 bridgehead atoms. The highest BCUT2D eigenvalue weighted by atomic mass is 16.5. The molecule has 5 aromatic carbocycles. The maximum atomic E-state index is 5.26. The van der Waals surface area contributed by atoms with Crippen molar-refractivity contribution in [1.82, 2.24) is 0 Å². The first-order valence-electron chi connectivity index (χ1n) is 11.8. The quantitative estimate of drug-likeness (QED) is 0.183. The third-order valence-corrected chi connectivity index (χ3v) is 5.86. The molecule has 4 heteroatoms. The van der Waals surface area contributed by atoms with Gasteiger partial charge in [-0.15, -0.1) is 0 Å². The fourth-order valence-corrected chi connectivity index (χ4v) is 3.95. The molecule has 0 fully saturated rings. The minimum Gasteiger partial charge on any atom is -0.497 e. The van der Waals surface area contributed by atoms with Gasteiger partial charge in [-0.25, -0.2) is 5.01 Å². The standard InChI is InChI=1S/C32H27N3O/c1-36-31-22-18-26(19-23-31)25-16-20-28(21-17-25)34-32-15-9-8-10-27(32)24-33-35(29-11-4-2-5-12-29)30-13-6-3-7-14-30/h2-24,34H,1H3. The zero-order chi connectivity index (χ0) is 24.6. The molecular formula is C32H27N3O. The molecule has 4 nitrogen and oxygen atoms in total. The predicted molar refractivity (Wildman–Crippen MR) is 151 cm³/mol. The largest absolute Gasteiger partial charge is 0.497 e. The Kier molecular flexibility index (Phi) is 7.05. The van der Waals surface area contributed by atoms with Crippen molar-refractivity contribution < 1.29 is 4.74 Å². The Morgan fingerprint density at radius 3 is 1.72 bits per heavy atom. The molecule has 36 heavy (non-hydrogen) atoms. The summed E-state index contributed by atoms with van der Waals surface area (Å²) in [5, 5.41) is 10.4. The molecular weight excluding hydrogens is 442 g/mol. The van der Waals surface area contributed by atoms with E-state index in [4.69, 9.17) is 9.84 Å². The molecule has 0 atom stereocenters. The van der Waals surface area contributed by atoms with Gasteiger partial charge in [0.15, 0.2) is 0 Å². The molecule has 5 rings (SSSR count). The van der Waals surface area contributed by atoms with Crippen molar-refractivity contribution in [2.45, 2.75) is 0 Å². The second-order valence-corrected chi connectivity index (χ2v) is 8.25. The van der Waals surface area contributed by atoms with E-state index in [1.165, 1.54) is 0 Å². The lowest BCUT2D eigenvalue weighted by molar-refractivity contribution is 0.415. The van der Waals surface area contributed by atoms with Crippen LogP contribution < -0.4 is 15.1 Å². The fourth-order valence-electron chi connectivity index (χ4n) is 3.95. The average Bonchev–Trinajstić information content (AvgIpc) is 2.96. The highest BCUT2D eigenvalue weighted by Crippen LogP contribution is 2.28. The number of nitrogens with one attached hydrogen (secondary N) is 1. The van der Waals surface area contributed by atoms with Crippen molar-refractivity contribution in [2.75, 3.05) is 17.4 Å². The average molecular weight is 470 g/mol. The summed E-state index contributed by atoms with van der Waals surface area (Å²) in [6.45, 7) is 0. The van der Waals surface area contributed by atoms with E-state index < -0.39 is 0 Å². The van der Waals surface area contributed by atoms with Gasteiger partial charge in [0.05, 0.1) is 24.7 Å². The van der Waals surface area contributed by atoms with Crippen LogP contribution in [0.2, 0.25) is 0 Å². The third kappa shape index (κ3) is 5.45. The molecule has 0 spiro atoms. The minimum atomic E-state index is 0.855. The van der Waals surface area contributed by atoms with Gasteiger partial charge in [0, 0.05) is 16.9 Å². The highest BCUT2D eigenvalue weighted by molar-refractivity contribution is 5.90. The summed E-state index contributed by atoms with van der Waals surface area (Å²) < 4.78 is 5.26. The second kappa shape index (κ2) is 11.1. The van der Waals surface area contributed by atoms with E-state index in [1.807, 2.05) is 71.9 Å². The summed E-state index contributed by atoms with van der Waals surface area (Å²) in [6.07, 6.45) is 1.90. The molecule has 1 N–H and O–H groups in total. The lowest BCUT2D eigenvalue weighted by Crippen LogP contribution is -2.09. The van der Waals surface area contributed by atoms with Crippen LogP contribution in [0.5, 0.6) is 5.75 Å². The van der Waals surface area contributed by atoms with Gasteiger partial charge in [-0.1, -0.05) is 78.9 Å². The van der Waals surface area contributed by atoms with Crippen LogP contribution in [0, 0.1) is 0 Å². The van der Waals surface area contributed by atoms with E-state index in [9.17, 15) is 0 Å². The summed E-state index contributed by atoms with van der Waals surface area (Å²) in [4.78, 5) is 0. The van der Waals surface area contributed by atoms with Crippen molar-refractivity contribution >= 4 is 29.0 Å².